The van der Waals surface area contributed by atoms with E-state index in [1.807, 2.05) is 6.07 Å². The minimum atomic E-state index is 0.719. The molecule has 0 aliphatic heterocycles. The summed E-state index contributed by atoms with van der Waals surface area (Å²) < 4.78 is 0. The van der Waals surface area contributed by atoms with Crippen LogP contribution < -0.4 is 5.32 Å². The van der Waals surface area contributed by atoms with Crippen molar-refractivity contribution in [1.82, 2.24) is 14.9 Å². The van der Waals surface area contributed by atoms with Crippen LogP contribution in [0.1, 0.15) is 12.8 Å². The summed E-state index contributed by atoms with van der Waals surface area (Å²) in [5, 5.41) is 3.19. The molecule has 76 valence electrons. The topological polar surface area (TPSA) is 41.0 Å². The molecule has 0 unspecified atom stereocenters. The molecule has 0 amide bonds. The van der Waals surface area contributed by atoms with Gasteiger partial charge in [0.05, 0.1) is 0 Å². The largest absolute Gasteiger partial charge is 0.353 e. The van der Waals surface area contributed by atoms with E-state index in [1.54, 1.807) is 12.4 Å². The highest BCUT2D eigenvalue weighted by molar-refractivity contribution is 5.21. The second-order valence-corrected chi connectivity index (χ2v) is 3.71. The Balaban J connectivity index is 1.67. The monoisotopic (exact) mass is 192 g/mol. The highest BCUT2D eigenvalue weighted by Gasteiger charge is 2.25. The van der Waals surface area contributed by atoms with Crippen molar-refractivity contribution in [3.63, 3.8) is 0 Å². The van der Waals surface area contributed by atoms with Gasteiger partial charge in [0, 0.05) is 31.5 Å². The Morgan fingerprint density at radius 3 is 2.79 bits per heavy atom. The van der Waals surface area contributed by atoms with Crippen LogP contribution in [0.3, 0.4) is 0 Å². The van der Waals surface area contributed by atoms with Gasteiger partial charge in [-0.1, -0.05) is 0 Å². The molecule has 1 aromatic heterocycles. The molecular weight excluding hydrogens is 176 g/mol. The van der Waals surface area contributed by atoms with Gasteiger partial charge < -0.3 is 10.2 Å². The van der Waals surface area contributed by atoms with Crippen LogP contribution in [0.5, 0.6) is 0 Å². The van der Waals surface area contributed by atoms with Crippen LogP contribution in [-0.4, -0.2) is 41.0 Å². The molecule has 1 fully saturated rings. The van der Waals surface area contributed by atoms with Crippen molar-refractivity contribution >= 4 is 5.95 Å². The van der Waals surface area contributed by atoms with Gasteiger partial charge in [0.2, 0.25) is 5.95 Å². The van der Waals surface area contributed by atoms with Crippen molar-refractivity contribution in [1.29, 1.82) is 0 Å². The van der Waals surface area contributed by atoms with Gasteiger partial charge in [0.25, 0.3) is 0 Å². The quantitative estimate of drug-likeness (QED) is 0.755. The standard InChI is InChI=1S/C10H16N4/c1-14(9-3-4-9)8-7-13-10-11-5-2-6-12-10/h2,5-6,9H,3-4,7-8H2,1H3,(H,11,12,13). The molecular formula is C10H16N4. The van der Waals surface area contributed by atoms with E-state index in [0.717, 1.165) is 25.1 Å². The lowest BCUT2D eigenvalue weighted by Crippen LogP contribution is -2.27. The molecule has 1 saturated carbocycles. The van der Waals surface area contributed by atoms with Crippen LogP contribution in [0, 0.1) is 0 Å². The third-order valence-corrected chi connectivity index (χ3v) is 2.48. The SMILES string of the molecule is CN(CCNc1ncccn1)C1CC1. The summed E-state index contributed by atoms with van der Waals surface area (Å²) in [7, 11) is 2.17. The number of hydrogen-bond donors (Lipinski definition) is 1. The summed E-state index contributed by atoms with van der Waals surface area (Å²) >= 11 is 0. The summed E-state index contributed by atoms with van der Waals surface area (Å²) in [6.07, 6.45) is 6.22. The summed E-state index contributed by atoms with van der Waals surface area (Å²) in [6, 6.07) is 2.65. The number of likely N-dealkylation sites (N-methyl/N-ethyl adjacent to an activating group) is 1. The number of hydrogen-bond acceptors (Lipinski definition) is 4. The van der Waals surface area contributed by atoms with Crippen molar-refractivity contribution in [2.24, 2.45) is 0 Å². The summed E-state index contributed by atoms with van der Waals surface area (Å²) in [5.41, 5.74) is 0. The predicted molar refractivity (Wildman–Crippen MR) is 56.2 cm³/mol. The first-order chi connectivity index (χ1) is 6.86. The van der Waals surface area contributed by atoms with Crippen molar-refractivity contribution in [3.05, 3.63) is 18.5 Å². The van der Waals surface area contributed by atoms with Crippen molar-refractivity contribution in [2.75, 3.05) is 25.5 Å². The number of nitrogens with zero attached hydrogens (tertiary/aromatic N) is 3. The molecule has 1 aromatic rings. The highest BCUT2D eigenvalue weighted by atomic mass is 15.2. The van der Waals surface area contributed by atoms with Crippen LogP contribution in [-0.2, 0) is 0 Å². The van der Waals surface area contributed by atoms with Crippen LogP contribution in [0.25, 0.3) is 0 Å². The lowest BCUT2D eigenvalue weighted by molar-refractivity contribution is 0.337. The smallest absolute Gasteiger partial charge is 0.222 e. The zero-order chi connectivity index (χ0) is 9.80. The Hall–Kier alpha value is -1.16. The van der Waals surface area contributed by atoms with Crippen molar-refractivity contribution in [2.45, 2.75) is 18.9 Å². The zero-order valence-electron chi connectivity index (χ0n) is 8.48. The third-order valence-electron chi connectivity index (χ3n) is 2.48. The normalized spacial score (nSPS) is 15.9. The molecule has 0 saturated heterocycles. The first kappa shape index (κ1) is 9.40. The Bertz CT molecular complexity index is 271. The number of rotatable bonds is 5. The van der Waals surface area contributed by atoms with E-state index in [-0.39, 0.29) is 0 Å². The third kappa shape index (κ3) is 2.67. The predicted octanol–water partition coefficient (Wildman–Crippen LogP) is 0.983. The molecule has 1 N–H and O–H groups in total. The van der Waals surface area contributed by atoms with Crippen LogP contribution in [0.4, 0.5) is 5.95 Å². The average molecular weight is 192 g/mol. The van der Waals surface area contributed by atoms with Gasteiger partial charge in [-0.3, -0.25) is 0 Å². The van der Waals surface area contributed by atoms with E-state index >= 15 is 0 Å². The van der Waals surface area contributed by atoms with Crippen molar-refractivity contribution in [3.8, 4) is 0 Å². The lowest BCUT2D eigenvalue weighted by Gasteiger charge is -2.15. The maximum atomic E-state index is 4.10. The molecule has 4 nitrogen and oxygen atoms in total. The molecule has 1 aliphatic rings. The zero-order valence-corrected chi connectivity index (χ0v) is 8.48. The summed E-state index contributed by atoms with van der Waals surface area (Å²) in [4.78, 5) is 10.6. The Kier molecular flexibility index (Phi) is 2.93. The molecule has 4 heteroatoms. The van der Waals surface area contributed by atoms with Gasteiger partial charge in [-0.2, -0.15) is 0 Å². The van der Waals surface area contributed by atoms with Crippen LogP contribution >= 0.6 is 0 Å². The number of nitrogens with one attached hydrogen (secondary N) is 1. The highest BCUT2D eigenvalue weighted by Crippen LogP contribution is 2.24. The van der Waals surface area contributed by atoms with Gasteiger partial charge in [-0.05, 0) is 26.0 Å². The Morgan fingerprint density at radius 2 is 2.14 bits per heavy atom. The maximum Gasteiger partial charge on any atom is 0.222 e. The fourth-order valence-corrected chi connectivity index (χ4v) is 1.43. The minimum absolute atomic E-state index is 0.719. The molecule has 0 atom stereocenters. The number of anilines is 1. The van der Waals surface area contributed by atoms with E-state index in [0.29, 0.717) is 0 Å². The van der Waals surface area contributed by atoms with Gasteiger partial charge in [0.15, 0.2) is 0 Å². The second-order valence-electron chi connectivity index (χ2n) is 3.71. The molecule has 14 heavy (non-hydrogen) atoms. The van der Waals surface area contributed by atoms with E-state index < -0.39 is 0 Å². The second kappa shape index (κ2) is 4.37. The fraction of sp³-hybridized carbons (Fsp3) is 0.600. The molecule has 0 radical (unpaired) electrons. The maximum absolute atomic E-state index is 4.10. The molecule has 0 bridgehead atoms. The summed E-state index contributed by atoms with van der Waals surface area (Å²) in [5.74, 6) is 0.719. The van der Waals surface area contributed by atoms with Gasteiger partial charge in [0.1, 0.15) is 0 Å². The van der Waals surface area contributed by atoms with E-state index in [2.05, 4.69) is 27.2 Å². The lowest BCUT2D eigenvalue weighted by atomic mass is 10.5. The fourth-order valence-electron chi connectivity index (χ4n) is 1.43. The van der Waals surface area contributed by atoms with Crippen molar-refractivity contribution < 1.29 is 0 Å². The molecule has 0 aromatic carbocycles. The molecule has 1 heterocycles. The molecule has 0 spiro atoms. The Morgan fingerprint density at radius 1 is 1.43 bits per heavy atom. The minimum Gasteiger partial charge on any atom is -0.353 e. The van der Waals surface area contributed by atoms with Gasteiger partial charge in [-0.25, -0.2) is 9.97 Å². The van der Waals surface area contributed by atoms with E-state index in [9.17, 15) is 0 Å². The van der Waals surface area contributed by atoms with Crippen LogP contribution in [0.2, 0.25) is 0 Å². The Labute approximate surface area is 84.4 Å². The average Bonchev–Trinajstić information content (AvgIpc) is 3.02. The van der Waals surface area contributed by atoms with E-state index in [4.69, 9.17) is 0 Å². The molecule has 2 rings (SSSR count). The van der Waals surface area contributed by atoms with Gasteiger partial charge in [-0.15, -0.1) is 0 Å². The van der Waals surface area contributed by atoms with E-state index in [1.165, 1.54) is 12.8 Å². The first-order valence-corrected chi connectivity index (χ1v) is 5.07. The van der Waals surface area contributed by atoms with Gasteiger partial charge >= 0.3 is 0 Å². The first-order valence-electron chi connectivity index (χ1n) is 5.07. The van der Waals surface area contributed by atoms with Crippen LogP contribution in [0.15, 0.2) is 18.5 Å². The molecule has 1 aliphatic carbocycles. The number of aromatic nitrogens is 2. The summed E-state index contributed by atoms with van der Waals surface area (Å²) in [6.45, 7) is 1.97.